The van der Waals surface area contributed by atoms with Crippen molar-refractivity contribution >= 4 is 17.9 Å². The van der Waals surface area contributed by atoms with Crippen LogP contribution in [0.4, 0.5) is 0 Å². The van der Waals surface area contributed by atoms with Gasteiger partial charge in [-0.05, 0) is 37.0 Å². The van der Waals surface area contributed by atoms with Crippen LogP contribution >= 0.6 is 0 Å². The topological polar surface area (TPSA) is 78.9 Å². The average Bonchev–Trinajstić information content (AvgIpc) is 3.39. The van der Waals surface area contributed by atoms with Gasteiger partial charge in [0.25, 0.3) is 0 Å². The molecule has 75 heavy (non-hydrogen) atoms. The number of carbonyl (C=O) groups excluding carboxylic acids is 3. The maximum atomic E-state index is 12.9. The Morgan fingerprint density at radius 2 is 0.467 bits per heavy atom. The van der Waals surface area contributed by atoms with Crippen molar-refractivity contribution in [1.29, 1.82) is 0 Å². The van der Waals surface area contributed by atoms with Gasteiger partial charge in [0, 0.05) is 19.3 Å². The first kappa shape index (κ1) is 73.4. The Morgan fingerprint density at radius 3 is 0.693 bits per heavy atom. The van der Waals surface area contributed by atoms with Gasteiger partial charge in [0.2, 0.25) is 0 Å². The molecule has 0 fully saturated rings. The molecule has 0 aromatic carbocycles. The maximum Gasteiger partial charge on any atom is 0.306 e. The zero-order chi connectivity index (χ0) is 54.8. The number of hydrogen-bond acceptors (Lipinski definition) is 6. The number of esters is 3. The molecule has 0 saturated carbocycles. The Balaban J connectivity index is 4.25. The number of unbranched alkanes of at least 4 members (excludes halogenated alkanes) is 44. The van der Waals surface area contributed by atoms with Crippen LogP contribution in [0, 0.1) is 17.8 Å². The minimum Gasteiger partial charge on any atom is -0.462 e. The zero-order valence-corrected chi connectivity index (χ0v) is 51.9. The monoisotopic (exact) mass is 1060 g/mol. The van der Waals surface area contributed by atoms with Gasteiger partial charge in [-0.3, -0.25) is 14.4 Å². The summed E-state index contributed by atoms with van der Waals surface area (Å²) < 4.78 is 17.0. The van der Waals surface area contributed by atoms with Gasteiger partial charge in [0.1, 0.15) is 13.2 Å². The lowest BCUT2D eigenvalue weighted by Gasteiger charge is -2.18. The van der Waals surface area contributed by atoms with E-state index >= 15 is 0 Å². The molecule has 0 rings (SSSR count). The standard InChI is InChI=1S/C69H134O6/c1-7-65(6)57-51-45-39-33-27-21-17-13-9-11-15-19-23-29-36-42-48-54-60-69(72)75-66(62-74-68(71)59-53-47-41-35-30-24-26-32-38-44-50-56-64(4)5)61-73-67(70)58-52-46-40-34-28-22-18-14-10-8-12-16-20-25-31-37-43-49-55-63(2)3/h63-66H,7-62H2,1-6H3/t65?,66-/m1/s1. The molecule has 2 atom stereocenters. The van der Waals surface area contributed by atoms with E-state index in [2.05, 4.69) is 41.5 Å². The van der Waals surface area contributed by atoms with Crippen molar-refractivity contribution in [3.8, 4) is 0 Å². The van der Waals surface area contributed by atoms with Crippen molar-refractivity contribution in [1.82, 2.24) is 0 Å². The summed E-state index contributed by atoms with van der Waals surface area (Å²) in [5, 5.41) is 0. The summed E-state index contributed by atoms with van der Waals surface area (Å²) in [5.41, 5.74) is 0. The molecule has 0 amide bonds. The zero-order valence-electron chi connectivity index (χ0n) is 51.9. The van der Waals surface area contributed by atoms with Gasteiger partial charge in [-0.15, -0.1) is 0 Å². The van der Waals surface area contributed by atoms with E-state index in [0.29, 0.717) is 19.3 Å². The molecule has 0 aliphatic carbocycles. The SMILES string of the molecule is CCC(C)CCCCCCCCCCCCCCCCCCCCC(=O)O[C@H](COC(=O)CCCCCCCCCCCCCCCCCCCCC(C)C)COC(=O)CCCCCCCCCCCCCC(C)C. The average molecular weight is 1060 g/mol. The highest BCUT2D eigenvalue weighted by molar-refractivity contribution is 5.71. The highest BCUT2D eigenvalue weighted by Gasteiger charge is 2.20. The van der Waals surface area contributed by atoms with Crippen molar-refractivity contribution in [3.05, 3.63) is 0 Å². The third-order valence-electron chi connectivity index (χ3n) is 16.3. The van der Waals surface area contributed by atoms with Crippen molar-refractivity contribution in [2.45, 2.75) is 394 Å². The van der Waals surface area contributed by atoms with E-state index in [0.717, 1.165) is 75.5 Å². The lowest BCUT2D eigenvalue weighted by Crippen LogP contribution is -2.30. The molecule has 0 aromatic rings. The number of carbonyl (C=O) groups is 3. The van der Waals surface area contributed by atoms with Gasteiger partial charge in [-0.25, -0.2) is 0 Å². The molecule has 6 heteroatoms. The van der Waals surface area contributed by atoms with Crippen LogP contribution in [0.5, 0.6) is 0 Å². The summed E-state index contributed by atoms with van der Waals surface area (Å²) in [5.74, 6) is 1.76. The highest BCUT2D eigenvalue weighted by atomic mass is 16.6. The minimum absolute atomic E-state index is 0.0622. The van der Waals surface area contributed by atoms with E-state index in [4.69, 9.17) is 14.2 Å². The van der Waals surface area contributed by atoms with E-state index < -0.39 is 6.10 Å². The second-order valence-corrected chi connectivity index (χ2v) is 25.0. The molecule has 446 valence electrons. The predicted molar refractivity (Wildman–Crippen MR) is 326 cm³/mol. The van der Waals surface area contributed by atoms with Crippen molar-refractivity contribution < 1.29 is 28.6 Å². The molecule has 0 N–H and O–H groups in total. The highest BCUT2D eigenvalue weighted by Crippen LogP contribution is 2.20. The second kappa shape index (κ2) is 60.1. The van der Waals surface area contributed by atoms with Crippen LogP contribution in [0.25, 0.3) is 0 Å². The Kier molecular flexibility index (Phi) is 58.8. The van der Waals surface area contributed by atoms with Gasteiger partial charge in [0.05, 0.1) is 0 Å². The molecular weight excluding hydrogens is 925 g/mol. The van der Waals surface area contributed by atoms with Crippen LogP contribution < -0.4 is 0 Å². The van der Waals surface area contributed by atoms with Gasteiger partial charge in [-0.2, -0.15) is 0 Å². The molecule has 0 bridgehead atoms. The minimum atomic E-state index is -0.765. The molecular formula is C69H134O6. The normalized spacial score (nSPS) is 12.5. The lowest BCUT2D eigenvalue weighted by atomic mass is 9.99. The van der Waals surface area contributed by atoms with E-state index in [1.807, 2.05) is 0 Å². The fourth-order valence-electron chi connectivity index (χ4n) is 10.7. The molecule has 0 aliphatic heterocycles. The fourth-order valence-corrected chi connectivity index (χ4v) is 10.7. The predicted octanol–water partition coefficient (Wildman–Crippen LogP) is 23.0. The van der Waals surface area contributed by atoms with Crippen LogP contribution in [0.3, 0.4) is 0 Å². The van der Waals surface area contributed by atoms with Crippen LogP contribution in [0.2, 0.25) is 0 Å². The third kappa shape index (κ3) is 61.5. The van der Waals surface area contributed by atoms with Crippen molar-refractivity contribution in [2.75, 3.05) is 13.2 Å². The Bertz CT molecular complexity index is 1170. The molecule has 6 nitrogen and oxygen atoms in total. The summed E-state index contributed by atoms with van der Waals surface area (Å²) in [6.07, 6.45) is 66.8. The van der Waals surface area contributed by atoms with E-state index in [9.17, 15) is 14.4 Å². The Hall–Kier alpha value is -1.59. The van der Waals surface area contributed by atoms with Crippen LogP contribution in [0.15, 0.2) is 0 Å². The molecule has 0 aromatic heterocycles. The summed E-state index contributed by atoms with van der Waals surface area (Å²) in [6, 6.07) is 0. The van der Waals surface area contributed by atoms with Crippen LogP contribution in [-0.2, 0) is 28.6 Å². The van der Waals surface area contributed by atoms with Crippen LogP contribution in [-0.4, -0.2) is 37.2 Å². The molecule has 0 aliphatic rings. The summed E-state index contributed by atoms with van der Waals surface area (Å²) >= 11 is 0. The second-order valence-electron chi connectivity index (χ2n) is 25.0. The first-order valence-electron chi connectivity index (χ1n) is 34.1. The third-order valence-corrected chi connectivity index (χ3v) is 16.3. The molecule has 0 spiro atoms. The van der Waals surface area contributed by atoms with Gasteiger partial charge >= 0.3 is 17.9 Å². The van der Waals surface area contributed by atoms with E-state index in [1.165, 1.54) is 270 Å². The number of rotatable bonds is 62. The quantitative estimate of drug-likeness (QED) is 0.0343. The van der Waals surface area contributed by atoms with Gasteiger partial charge in [-0.1, -0.05) is 350 Å². The Morgan fingerprint density at radius 1 is 0.267 bits per heavy atom. The summed E-state index contributed by atoms with van der Waals surface area (Å²) in [4.78, 5) is 38.4. The molecule has 0 saturated heterocycles. The maximum absolute atomic E-state index is 12.9. The summed E-state index contributed by atoms with van der Waals surface area (Å²) in [6.45, 7) is 13.9. The number of hydrogen-bond donors (Lipinski definition) is 0. The molecule has 1 unspecified atom stereocenters. The Labute approximate surface area is 469 Å². The van der Waals surface area contributed by atoms with Gasteiger partial charge in [0.15, 0.2) is 6.10 Å². The van der Waals surface area contributed by atoms with Gasteiger partial charge < -0.3 is 14.2 Å². The lowest BCUT2D eigenvalue weighted by molar-refractivity contribution is -0.167. The van der Waals surface area contributed by atoms with Crippen molar-refractivity contribution in [3.63, 3.8) is 0 Å². The smallest absolute Gasteiger partial charge is 0.306 e. The first-order valence-corrected chi connectivity index (χ1v) is 34.1. The summed E-state index contributed by atoms with van der Waals surface area (Å²) in [7, 11) is 0. The number of ether oxygens (including phenoxy) is 3. The van der Waals surface area contributed by atoms with Crippen LogP contribution in [0.1, 0.15) is 388 Å². The van der Waals surface area contributed by atoms with E-state index in [1.54, 1.807) is 0 Å². The molecule has 0 radical (unpaired) electrons. The molecule has 0 heterocycles. The largest absolute Gasteiger partial charge is 0.462 e. The first-order chi connectivity index (χ1) is 36.6. The van der Waals surface area contributed by atoms with Crippen molar-refractivity contribution in [2.24, 2.45) is 17.8 Å². The fraction of sp³-hybridized carbons (Fsp3) is 0.957. The van der Waals surface area contributed by atoms with E-state index in [-0.39, 0.29) is 31.1 Å².